The highest BCUT2D eigenvalue weighted by atomic mass is 16.4. The maximum Gasteiger partial charge on any atom is 0.305 e. The van der Waals surface area contributed by atoms with Crippen LogP contribution in [-0.4, -0.2) is 28.0 Å². The second kappa shape index (κ2) is 6.23. The van der Waals surface area contributed by atoms with E-state index in [9.17, 15) is 9.59 Å². The number of aliphatic carboxylic acids is 1. The number of hydrogen-bond donors (Lipinski definition) is 3. The SMILES string of the molecule is CC(CC(=O)O)NC(=O)CCc1c[nH]c2ccccc12. The van der Waals surface area contributed by atoms with Crippen molar-refractivity contribution in [3.8, 4) is 0 Å². The van der Waals surface area contributed by atoms with Gasteiger partial charge >= 0.3 is 5.97 Å². The topological polar surface area (TPSA) is 82.2 Å². The zero-order valence-corrected chi connectivity index (χ0v) is 11.3. The van der Waals surface area contributed by atoms with E-state index in [1.165, 1.54) is 0 Å². The minimum atomic E-state index is -0.908. The number of aryl methyl sites for hydroxylation is 1. The first kappa shape index (κ1) is 14.1. The molecule has 0 saturated carbocycles. The Balaban J connectivity index is 1.89. The molecule has 0 spiro atoms. The first-order chi connectivity index (χ1) is 9.56. The second-order valence-corrected chi connectivity index (χ2v) is 4.93. The van der Waals surface area contributed by atoms with Crippen LogP contribution in [0.15, 0.2) is 30.5 Å². The Morgan fingerprint density at radius 2 is 2.10 bits per heavy atom. The third-order valence-electron chi connectivity index (χ3n) is 3.18. The van der Waals surface area contributed by atoms with E-state index < -0.39 is 5.97 Å². The Morgan fingerprint density at radius 1 is 1.35 bits per heavy atom. The number of aromatic amines is 1. The summed E-state index contributed by atoms with van der Waals surface area (Å²) in [7, 11) is 0. The Hall–Kier alpha value is -2.30. The van der Waals surface area contributed by atoms with Gasteiger partial charge < -0.3 is 15.4 Å². The molecule has 20 heavy (non-hydrogen) atoms. The Morgan fingerprint density at radius 3 is 2.85 bits per heavy atom. The maximum absolute atomic E-state index is 11.8. The number of para-hydroxylation sites is 1. The molecule has 0 aliphatic rings. The average Bonchev–Trinajstić information content (AvgIpc) is 2.78. The number of fused-ring (bicyclic) bond motifs is 1. The van der Waals surface area contributed by atoms with Gasteiger partial charge in [-0.15, -0.1) is 0 Å². The van der Waals surface area contributed by atoms with Crippen LogP contribution in [0.25, 0.3) is 10.9 Å². The minimum absolute atomic E-state index is 0.0567. The highest BCUT2D eigenvalue weighted by molar-refractivity contribution is 5.84. The molecule has 0 bridgehead atoms. The van der Waals surface area contributed by atoms with E-state index in [4.69, 9.17) is 5.11 Å². The van der Waals surface area contributed by atoms with Crippen molar-refractivity contribution in [2.45, 2.75) is 32.2 Å². The number of aromatic nitrogens is 1. The van der Waals surface area contributed by atoms with Crippen LogP contribution in [0.3, 0.4) is 0 Å². The van der Waals surface area contributed by atoms with Crippen LogP contribution >= 0.6 is 0 Å². The monoisotopic (exact) mass is 274 g/mol. The Kier molecular flexibility index (Phi) is 4.40. The highest BCUT2D eigenvalue weighted by Crippen LogP contribution is 2.18. The fourth-order valence-electron chi connectivity index (χ4n) is 2.25. The van der Waals surface area contributed by atoms with Crippen LogP contribution < -0.4 is 5.32 Å². The smallest absolute Gasteiger partial charge is 0.305 e. The van der Waals surface area contributed by atoms with Crippen molar-refractivity contribution in [1.29, 1.82) is 0 Å². The molecular weight excluding hydrogens is 256 g/mol. The van der Waals surface area contributed by atoms with Crippen molar-refractivity contribution < 1.29 is 14.7 Å². The number of nitrogens with one attached hydrogen (secondary N) is 2. The van der Waals surface area contributed by atoms with Crippen LogP contribution in [-0.2, 0) is 16.0 Å². The maximum atomic E-state index is 11.8. The van der Waals surface area contributed by atoms with E-state index in [1.54, 1.807) is 6.92 Å². The van der Waals surface area contributed by atoms with Crippen molar-refractivity contribution >= 4 is 22.8 Å². The predicted molar refractivity (Wildman–Crippen MR) is 76.5 cm³/mol. The number of benzene rings is 1. The number of carboxylic acid groups (broad SMARTS) is 1. The van der Waals surface area contributed by atoms with Crippen LogP contribution in [0.4, 0.5) is 0 Å². The minimum Gasteiger partial charge on any atom is -0.481 e. The van der Waals surface area contributed by atoms with Crippen molar-refractivity contribution in [2.24, 2.45) is 0 Å². The lowest BCUT2D eigenvalue weighted by atomic mass is 10.1. The Bertz CT molecular complexity index is 618. The van der Waals surface area contributed by atoms with Crippen molar-refractivity contribution in [2.75, 3.05) is 0 Å². The fraction of sp³-hybridized carbons (Fsp3) is 0.333. The third kappa shape index (κ3) is 3.60. The first-order valence-electron chi connectivity index (χ1n) is 6.62. The van der Waals surface area contributed by atoms with Gasteiger partial charge in [-0.25, -0.2) is 0 Å². The summed E-state index contributed by atoms with van der Waals surface area (Å²) in [5.41, 5.74) is 2.16. The summed E-state index contributed by atoms with van der Waals surface area (Å²) in [6, 6.07) is 7.60. The summed E-state index contributed by atoms with van der Waals surface area (Å²) < 4.78 is 0. The molecule has 106 valence electrons. The van der Waals surface area contributed by atoms with Crippen LogP contribution in [0.2, 0.25) is 0 Å². The first-order valence-corrected chi connectivity index (χ1v) is 6.62. The molecule has 2 rings (SSSR count). The standard InChI is InChI=1S/C15H18N2O3/c1-10(8-15(19)20)17-14(18)7-6-11-9-16-13-5-3-2-4-12(11)13/h2-5,9-10,16H,6-8H2,1H3,(H,17,18)(H,19,20). The fourth-order valence-corrected chi connectivity index (χ4v) is 2.25. The average molecular weight is 274 g/mol. The molecule has 0 radical (unpaired) electrons. The van der Waals surface area contributed by atoms with E-state index in [-0.39, 0.29) is 18.4 Å². The van der Waals surface area contributed by atoms with Crippen molar-refractivity contribution in [3.63, 3.8) is 0 Å². The molecule has 5 nitrogen and oxygen atoms in total. The molecule has 0 saturated heterocycles. The normalized spacial score (nSPS) is 12.2. The largest absolute Gasteiger partial charge is 0.481 e. The molecule has 1 atom stereocenters. The lowest BCUT2D eigenvalue weighted by Gasteiger charge is -2.11. The van der Waals surface area contributed by atoms with Gasteiger partial charge in [-0.05, 0) is 25.0 Å². The van der Waals surface area contributed by atoms with E-state index in [1.807, 2.05) is 30.5 Å². The number of hydrogen-bond acceptors (Lipinski definition) is 2. The molecule has 2 aromatic rings. The lowest BCUT2D eigenvalue weighted by Crippen LogP contribution is -2.34. The highest BCUT2D eigenvalue weighted by Gasteiger charge is 2.11. The molecular formula is C15H18N2O3. The second-order valence-electron chi connectivity index (χ2n) is 4.93. The molecule has 3 N–H and O–H groups in total. The molecule has 5 heteroatoms. The van der Waals surface area contributed by atoms with E-state index >= 15 is 0 Å². The lowest BCUT2D eigenvalue weighted by molar-refractivity contribution is -0.137. The molecule has 1 unspecified atom stereocenters. The van der Waals surface area contributed by atoms with Gasteiger partial charge in [-0.1, -0.05) is 18.2 Å². The summed E-state index contributed by atoms with van der Waals surface area (Å²) in [6.45, 7) is 1.69. The molecule has 1 aromatic carbocycles. The summed E-state index contributed by atoms with van der Waals surface area (Å²) in [6.07, 6.45) is 2.85. The third-order valence-corrected chi connectivity index (χ3v) is 3.18. The van der Waals surface area contributed by atoms with E-state index in [0.717, 1.165) is 16.5 Å². The van der Waals surface area contributed by atoms with Crippen LogP contribution in [0.1, 0.15) is 25.3 Å². The molecule has 0 aliphatic heterocycles. The zero-order valence-electron chi connectivity index (χ0n) is 11.3. The summed E-state index contributed by atoms with van der Waals surface area (Å²) in [4.78, 5) is 25.4. The number of carbonyl (C=O) groups excluding carboxylic acids is 1. The number of H-pyrrole nitrogens is 1. The number of carboxylic acids is 1. The molecule has 0 fully saturated rings. The van der Waals surface area contributed by atoms with Gasteiger partial charge in [0.25, 0.3) is 0 Å². The molecule has 0 aliphatic carbocycles. The summed E-state index contributed by atoms with van der Waals surface area (Å²) in [5.74, 6) is -1.03. The van der Waals surface area contributed by atoms with Gasteiger partial charge in [0.05, 0.1) is 6.42 Å². The van der Waals surface area contributed by atoms with Crippen LogP contribution in [0.5, 0.6) is 0 Å². The van der Waals surface area contributed by atoms with Gasteiger partial charge in [0.1, 0.15) is 0 Å². The molecule has 1 heterocycles. The molecule has 1 amide bonds. The predicted octanol–water partition coefficient (Wildman–Crippen LogP) is 2.08. The number of amides is 1. The van der Waals surface area contributed by atoms with Gasteiger partial charge in [-0.2, -0.15) is 0 Å². The van der Waals surface area contributed by atoms with Gasteiger partial charge in [0.2, 0.25) is 5.91 Å². The van der Waals surface area contributed by atoms with Gasteiger partial charge in [0.15, 0.2) is 0 Å². The Labute approximate surface area is 117 Å². The van der Waals surface area contributed by atoms with Gasteiger partial charge in [-0.3, -0.25) is 9.59 Å². The summed E-state index contributed by atoms with van der Waals surface area (Å²) >= 11 is 0. The molecule has 1 aromatic heterocycles. The van der Waals surface area contributed by atoms with Gasteiger partial charge in [0, 0.05) is 29.6 Å². The zero-order chi connectivity index (χ0) is 14.5. The quantitative estimate of drug-likeness (QED) is 0.754. The van der Waals surface area contributed by atoms with E-state index in [0.29, 0.717) is 12.8 Å². The van der Waals surface area contributed by atoms with E-state index in [2.05, 4.69) is 10.3 Å². The number of rotatable bonds is 6. The van der Waals surface area contributed by atoms with Crippen molar-refractivity contribution in [3.05, 3.63) is 36.0 Å². The number of carbonyl (C=O) groups is 2. The van der Waals surface area contributed by atoms with Crippen molar-refractivity contribution in [1.82, 2.24) is 10.3 Å². The summed E-state index contributed by atoms with van der Waals surface area (Å²) in [5, 5.41) is 12.5. The van der Waals surface area contributed by atoms with Crippen LogP contribution in [0, 0.1) is 0 Å².